The molecule has 0 saturated heterocycles. The van der Waals surface area contributed by atoms with Crippen LogP contribution in [0.1, 0.15) is 11.1 Å². The second kappa shape index (κ2) is 4.32. The molecular weight excluding hydrogens is 205 g/mol. The molecule has 1 atom stereocenters. The Balaban J connectivity index is 0.000000845. The molecule has 1 aliphatic rings. The lowest BCUT2D eigenvalue weighted by Crippen LogP contribution is -2.24. The van der Waals surface area contributed by atoms with Crippen molar-refractivity contribution in [1.82, 2.24) is 5.32 Å². The van der Waals surface area contributed by atoms with Crippen LogP contribution in [0.3, 0.4) is 0 Å². The highest BCUT2D eigenvalue weighted by Gasteiger charge is 2.19. The summed E-state index contributed by atoms with van der Waals surface area (Å²) in [6.45, 7) is 0. The van der Waals surface area contributed by atoms with E-state index in [1.165, 1.54) is 11.1 Å². The number of halogens is 2. The van der Waals surface area contributed by atoms with Crippen molar-refractivity contribution in [1.29, 1.82) is 0 Å². The molecule has 1 N–H and O–H groups in total. The predicted octanol–water partition coefficient (Wildman–Crippen LogP) is 2.45. The van der Waals surface area contributed by atoms with Gasteiger partial charge in [-0.05, 0) is 43.1 Å². The first-order valence-corrected chi connectivity index (χ1v) is 4.62. The standard InChI is InChI=1S/C10H12ClN.ClH/c1-12-10-5-7-2-3-9(11)4-8(7)6-10;/h2-4,10,12H,5-6H2,1H3;1H. The Morgan fingerprint density at radius 3 is 2.69 bits per heavy atom. The van der Waals surface area contributed by atoms with Crippen LogP contribution in [0.5, 0.6) is 0 Å². The van der Waals surface area contributed by atoms with Crippen LogP contribution in [0.25, 0.3) is 0 Å². The second-order valence-corrected chi connectivity index (χ2v) is 3.74. The minimum absolute atomic E-state index is 0. The van der Waals surface area contributed by atoms with Gasteiger partial charge in [-0.15, -0.1) is 12.4 Å². The number of hydrogen-bond acceptors (Lipinski definition) is 1. The minimum Gasteiger partial charge on any atom is -0.316 e. The molecule has 0 aromatic heterocycles. The first kappa shape index (κ1) is 10.8. The third-order valence-electron chi connectivity index (χ3n) is 2.51. The fourth-order valence-corrected chi connectivity index (χ4v) is 1.99. The van der Waals surface area contributed by atoms with Crippen LogP contribution in [0.2, 0.25) is 5.02 Å². The molecular formula is C10H13Cl2N. The molecule has 1 aromatic rings. The van der Waals surface area contributed by atoms with Crippen LogP contribution < -0.4 is 5.32 Å². The number of benzene rings is 1. The van der Waals surface area contributed by atoms with Crippen molar-refractivity contribution in [3.63, 3.8) is 0 Å². The number of fused-ring (bicyclic) bond motifs is 1. The molecule has 1 unspecified atom stereocenters. The highest BCUT2D eigenvalue weighted by atomic mass is 35.5. The summed E-state index contributed by atoms with van der Waals surface area (Å²) in [4.78, 5) is 0. The summed E-state index contributed by atoms with van der Waals surface area (Å²) in [6, 6.07) is 6.79. The average molecular weight is 218 g/mol. The van der Waals surface area contributed by atoms with Gasteiger partial charge in [0.25, 0.3) is 0 Å². The van der Waals surface area contributed by atoms with Crippen molar-refractivity contribution < 1.29 is 0 Å². The summed E-state index contributed by atoms with van der Waals surface area (Å²) in [5.41, 5.74) is 2.85. The molecule has 0 amide bonds. The Kier molecular flexibility index (Phi) is 3.60. The Morgan fingerprint density at radius 2 is 2.00 bits per heavy atom. The summed E-state index contributed by atoms with van der Waals surface area (Å²) in [7, 11) is 2.01. The Morgan fingerprint density at radius 1 is 1.31 bits per heavy atom. The third-order valence-corrected chi connectivity index (χ3v) is 2.74. The topological polar surface area (TPSA) is 12.0 Å². The predicted molar refractivity (Wildman–Crippen MR) is 59.0 cm³/mol. The van der Waals surface area contributed by atoms with Crippen molar-refractivity contribution in [2.24, 2.45) is 0 Å². The van der Waals surface area contributed by atoms with Gasteiger partial charge in [0, 0.05) is 11.1 Å². The molecule has 1 aromatic carbocycles. The maximum absolute atomic E-state index is 5.89. The van der Waals surface area contributed by atoms with Gasteiger partial charge in [0.1, 0.15) is 0 Å². The van der Waals surface area contributed by atoms with Crippen LogP contribution in [0.4, 0.5) is 0 Å². The van der Waals surface area contributed by atoms with Crippen LogP contribution in [-0.2, 0) is 12.8 Å². The Labute approximate surface area is 89.9 Å². The Bertz CT molecular complexity index is 299. The number of hydrogen-bond donors (Lipinski definition) is 1. The van der Waals surface area contributed by atoms with Crippen molar-refractivity contribution in [3.8, 4) is 0 Å². The van der Waals surface area contributed by atoms with E-state index >= 15 is 0 Å². The molecule has 0 aliphatic heterocycles. The maximum atomic E-state index is 5.89. The molecule has 0 saturated carbocycles. The normalized spacial score (nSPS) is 19.4. The van der Waals surface area contributed by atoms with E-state index < -0.39 is 0 Å². The quantitative estimate of drug-likeness (QED) is 0.763. The number of likely N-dealkylation sites (N-methyl/N-ethyl adjacent to an activating group) is 1. The van der Waals surface area contributed by atoms with E-state index in [2.05, 4.69) is 17.4 Å². The van der Waals surface area contributed by atoms with E-state index in [1.54, 1.807) is 0 Å². The summed E-state index contributed by atoms with van der Waals surface area (Å²) < 4.78 is 0. The number of nitrogens with one attached hydrogen (secondary N) is 1. The van der Waals surface area contributed by atoms with Crippen molar-refractivity contribution in [2.45, 2.75) is 18.9 Å². The van der Waals surface area contributed by atoms with Gasteiger partial charge in [-0.2, -0.15) is 0 Å². The fourth-order valence-electron chi connectivity index (χ4n) is 1.79. The highest BCUT2D eigenvalue weighted by Crippen LogP contribution is 2.24. The monoisotopic (exact) mass is 217 g/mol. The van der Waals surface area contributed by atoms with E-state index in [0.717, 1.165) is 17.9 Å². The third kappa shape index (κ3) is 2.16. The minimum atomic E-state index is 0. The zero-order valence-corrected chi connectivity index (χ0v) is 9.08. The SMILES string of the molecule is CNC1Cc2ccc(Cl)cc2C1.Cl. The summed E-state index contributed by atoms with van der Waals surface area (Å²) >= 11 is 5.89. The maximum Gasteiger partial charge on any atom is 0.0408 e. The van der Waals surface area contributed by atoms with Crippen LogP contribution in [-0.4, -0.2) is 13.1 Å². The lowest BCUT2D eigenvalue weighted by atomic mass is 10.1. The Hall–Kier alpha value is -0.240. The molecule has 3 heteroatoms. The molecule has 0 heterocycles. The molecule has 0 spiro atoms. The molecule has 0 bridgehead atoms. The molecule has 13 heavy (non-hydrogen) atoms. The van der Waals surface area contributed by atoms with Gasteiger partial charge >= 0.3 is 0 Å². The summed E-state index contributed by atoms with van der Waals surface area (Å²) in [6.07, 6.45) is 2.26. The number of rotatable bonds is 1. The van der Waals surface area contributed by atoms with Crippen LogP contribution >= 0.6 is 24.0 Å². The van der Waals surface area contributed by atoms with Crippen molar-refractivity contribution in [3.05, 3.63) is 34.3 Å². The smallest absolute Gasteiger partial charge is 0.0408 e. The van der Waals surface area contributed by atoms with Gasteiger partial charge in [-0.25, -0.2) is 0 Å². The van der Waals surface area contributed by atoms with Crippen molar-refractivity contribution in [2.75, 3.05) is 7.05 Å². The summed E-state index contributed by atoms with van der Waals surface area (Å²) in [5, 5.41) is 4.14. The van der Waals surface area contributed by atoms with E-state index in [9.17, 15) is 0 Å². The first-order chi connectivity index (χ1) is 5.79. The van der Waals surface area contributed by atoms with Gasteiger partial charge in [0.05, 0.1) is 0 Å². The van der Waals surface area contributed by atoms with E-state index in [0.29, 0.717) is 6.04 Å². The van der Waals surface area contributed by atoms with Gasteiger partial charge in [0.2, 0.25) is 0 Å². The lowest BCUT2D eigenvalue weighted by molar-refractivity contribution is 0.593. The van der Waals surface area contributed by atoms with E-state index in [4.69, 9.17) is 11.6 Å². The average Bonchev–Trinajstić information content (AvgIpc) is 2.46. The lowest BCUT2D eigenvalue weighted by Gasteiger charge is -2.04. The van der Waals surface area contributed by atoms with Gasteiger partial charge < -0.3 is 5.32 Å². The second-order valence-electron chi connectivity index (χ2n) is 3.31. The zero-order valence-electron chi connectivity index (χ0n) is 7.51. The van der Waals surface area contributed by atoms with Crippen LogP contribution in [0.15, 0.2) is 18.2 Å². The fraction of sp³-hybridized carbons (Fsp3) is 0.400. The molecule has 0 fully saturated rings. The highest BCUT2D eigenvalue weighted by molar-refractivity contribution is 6.30. The first-order valence-electron chi connectivity index (χ1n) is 4.24. The van der Waals surface area contributed by atoms with E-state index in [-0.39, 0.29) is 12.4 Å². The molecule has 1 aliphatic carbocycles. The summed E-state index contributed by atoms with van der Waals surface area (Å²) in [5.74, 6) is 0. The molecule has 2 rings (SSSR count). The largest absolute Gasteiger partial charge is 0.316 e. The molecule has 1 nitrogen and oxygen atoms in total. The molecule has 72 valence electrons. The van der Waals surface area contributed by atoms with Gasteiger partial charge in [-0.1, -0.05) is 17.7 Å². The van der Waals surface area contributed by atoms with Gasteiger partial charge in [0.15, 0.2) is 0 Å². The van der Waals surface area contributed by atoms with Crippen molar-refractivity contribution >= 4 is 24.0 Å². The van der Waals surface area contributed by atoms with Crippen LogP contribution in [0, 0.1) is 0 Å². The molecule has 0 radical (unpaired) electrons. The zero-order chi connectivity index (χ0) is 8.55. The van der Waals surface area contributed by atoms with Gasteiger partial charge in [-0.3, -0.25) is 0 Å². The van der Waals surface area contributed by atoms with E-state index in [1.807, 2.05) is 13.1 Å².